The molecule has 0 N–H and O–H groups in total. The van der Waals surface area contributed by atoms with E-state index in [9.17, 15) is 0 Å². The van der Waals surface area contributed by atoms with Gasteiger partial charge in [-0.15, -0.1) is 0 Å². The topological polar surface area (TPSA) is 9.86 Å². The quantitative estimate of drug-likeness (QED) is 0.152. The van der Waals surface area contributed by atoms with Crippen molar-refractivity contribution in [1.29, 1.82) is 0 Å². The maximum atomic E-state index is 4.09. The average Bonchev–Trinajstić information content (AvgIpc) is 3.70. The molecule has 9 aromatic rings. The highest BCUT2D eigenvalue weighted by Gasteiger charge is 2.17. The second-order valence-corrected chi connectivity index (χ2v) is 13.1. The normalized spacial score (nSPS) is 12.3. The van der Waals surface area contributed by atoms with Crippen molar-refractivity contribution in [3.8, 4) is 27.9 Å². The fraction of sp³-hybridized carbons (Fsp3) is 0.0204. The van der Waals surface area contributed by atoms with Crippen LogP contribution in [0.1, 0.15) is 12.5 Å². The average molecular weight is 653 g/mol. The summed E-state index contributed by atoms with van der Waals surface area (Å²) in [5, 5.41) is 4.95. The number of hydrogen-bond acceptors (Lipinski definition) is 0. The van der Waals surface area contributed by atoms with E-state index in [1.54, 1.807) is 0 Å². The number of benzene rings is 7. The summed E-state index contributed by atoms with van der Waals surface area (Å²) >= 11 is 0. The lowest BCUT2D eigenvalue weighted by Crippen LogP contribution is -1.96. The summed E-state index contributed by atoms with van der Waals surface area (Å²) in [7, 11) is 0. The summed E-state index contributed by atoms with van der Waals surface area (Å²) in [5.41, 5.74) is 14.1. The summed E-state index contributed by atoms with van der Waals surface area (Å²) in [6.07, 6.45) is 6.26. The maximum absolute atomic E-state index is 4.09. The highest BCUT2D eigenvalue weighted by Crippen LogP contribution is 2.38. The molecule has 0 bridgehead atoms. The van der Waals surface area contributed by atoms with Crippen LogP contribution in [-0.4, -0.2) is 9.13 Å². The van der Waals surface area contributed by atoms with E-state index in [1.165, 1.54) is 71.5 Å². The van der Waals surface area contributed by atoms with Crippen molar-refractivity contribution in [2.75, 3.05) is 0 Å². The number of rotatable bonds is 7. The van der Waals surface area contributed by atoms with E-state index in [0.717, 1.165) is 16.9 Å². The van der Waals surface area contributed by atoms with Crippen molar-refractivity contribution in [3.05, 3.63) is 200 Å². The van der Waals surface area contributed by atoms with Crippen LogP contribution in [0.4, 0.5) is 0 Å². The van der Waals surface area contributed by atoms with Gasteiger partial charge in [-0.1, -0.05) is 146 Å². The fourth-order valence-electron chi connectivity index (χ4n) is 7.60. The molecule has 0 aliphatic carbocycles. The Hall–Kier alpha value is -6.64. The molecule has 2 nitrogen and oxygen atoms in total. The van der Waals surface area contributed by atoms with E-state index in [0.29, 0.717) is 0 Å². The first-order valence-corrected chi connectivity index (χ1v) is 17.5. The molecule has 0 aliphatic rings. The predicted molar refractivity (Wildman–Crippen MR) is 219 cm³/mol. The van der Waals surface area contributed by atoms with Crippen LogP contribution in [0.15, 0.2) is 195 Å². The highest BCUT2D eigenvalue weighted by atomic mass is 15.0. The van der Waals surface area contributed by atoms with Gasteiger partial charge >= 0.3 is 0 Å². The van der Waals surface area contributed by atoms with Crippen molar-refractivity contribution in [3.63, 3.8) is 0 Å². The molecule has 0 atom stereocenters. The van der Waals surface area contributed by atoms with E-state index >= 15 is 0 Å². The van der Waals surface area contributed by atoms with Crippen LogP contribution in [0.5, 0.6) is 0 Å². The predicted octanol–water partition coefficient (Wildman–Crippen LogP) is 13.4. The molecule has 0 spiro atoms. The van der Waals surface area contributed by atoms with Crippen LogP contribution in [0, 0.1) is 0 Å². The first-order valence-electron chi connectivity index (χ1n) is 17.5. The van der Waals surface area contributed by atoms with Crippen molar-refractivity contribution >= 4 is 54.9 Å². The monoisotopic (exact) mass is 652 g/mol. The fourth-order valence-corrected chi connectivity index (χ4v) is 7.60. The molecule has 7 aromatic carbocycles. The lowest BCUT2D eigenvalue weighted by molar-refractivity contribution is 1.18. The Labute approximate surface area is 298 Å². The zero-order valence-electron chi connectivity index (χ0n) is 28.5. The summed E-state index contributed by atoms with van der Waals surface area (Å²) in [6.45, 7) is 6.27. The number of allylic oxidation sites excluding steroid dienone is 5. The van der Waals surface area contributed by atoms with Gasteiger partial charge in [-0.05, 0) is 88.9 Å². The zero-order chi connectivity index (χ0) is 34.3. The van der Waals surface area contributed by atoms with Gasteiger partial charge in [0.25, 0.3) is 0 Å². The minimum absolute atomic E-state index is 1.07. The van der Waals surface area contributed by atoms with E-state index < -0.39 is 0 Å². The van der Waals surface area contributed by atoms with Gasteiger partial charge in [-0.3, -0.25) is 0 Å². The van der Waals surface area contributed by atoms with Gasteiger partial charge in [0.1, 0.15) is 0 Å². The Morgan fingerprint density at radius 1 is 0.471 bits per heavy atom. The minimum atomic E-state index is 1.07. The van der Waals surface area contributed by atoms with Gasteiger partial charge < -0.3 is 9.13 Å². The minimum Gasteiger partial charge on any atom is -0.309 e. The van der Waals surface area contributed by atoms with Crippen molar-refractivity contribution in [2.45, 2.75) is 6.92 Å². The Morgan fingerprint density at radius 2 is 0.980 bits per heavy atom. The molecule has 0 unspecified atom stereocenters. The molecule has 51 heavy (non-hydrogen) atoms. The molecule has 2 aromatic heterocycles. The summed E-state index contributed by atoms with van der Waals surface area (Å²) < 4.78 is 4.78. The summed E-state index contributed by atoms with van der Waals surface area (Å²) in [6, 6.07) is 61.3. The molecule has 0 fully saturated rings. The number of hydrogen-bond donors (Lipinski definition) is 0. The van der Waals surface area contributed by atoms with Crippen LogP contribution in [0.25, 0.3) is 82.8 Å². The van der Waals surface area contributed by atoms with Gasteiger partial charge in [-0.2, -0.15) is 0 Å². The Morgan fingerprint density at radius 3 is 1.67 bits per heavy atom. The van der Waals surface area contributed by atoms with Crippen molar-refractivity contribution in [2.24, 2.45) is 0 Å². The van der Waals surface area contributed by atoms with Crippen LogP contribution in [0.2, 0.25) is 0 Å². The smallest absolute Gasteiger partial charge is 0.0547 e. The first kappa shape index (κ1) is 30.4. The van der Waals surface area contributed by atoms with E-state index in [-0.39, 0.29) is 0 Å². The molecule has 0 saturated carbocycles. The zero-order valence-corrected chi connectivity index (χ0v) is 28.5. The third kappa shape index (κ3) is 5.29. The Balaban J connectivity index is 1.22. The molecule has 0 aliphatic heterocycles. The Bertz CT molecular complexity index is 2790. The van der Waals surface area contributed by atoms with Crippen LogP contribution in [0.3, 0.4) is 0 Å². The van der Waals surface area contributed by atoms with Gasteiger partial charge in [0.05, 0.1) is 22.1 Å². The number of para-hydroxylation sites is 2. The van der Waals surface area contributed by atoms with Gasteiger partial charge in [0, 0.05) is 32.9 Å². The number of fused-ring (bicyclic) bond motifs is 6. The lowest BCUT2D eigenvalue weighted by Gasteiger charge is -2.12. The number of nitrogens with zero attached hydrogens (tertiary/aromatic N) is 2. The second kappa shape index (κ2) is 12.7. The highest BCUT2D eigenvalue weighted by molar-refractivity contribution is 6.13. The van der Waals surface area contributed by atoms with Crippen molar-refractivity contribution in [1.82, 2.24) is 9.13 Å². The molecule has 2 heteroatoms. The van der Waals surface area contributed by atoms with Crippen LogP contribution in [-0.2, 0) is 0 Å². The van der Waals surface area contributed by atoms with Crippen LogP contribution >= 0.6 is 0 Å². The molecule has 2 heterocycles. The van der Waals surface area contributed by atoms with Crippen molar-refractivity contribution < 1.29 is 0 Å². The molecule has 9 rings (SSSR count). The molecular formula is C49H36N2. The Kier molecular flexibility index (Phi) is 7.56. The standard InChI is InChI=1S/C49H36N2/c1-3-14-41(31-34(2)35-15-6-4-7-16-35)51-47-22-13-11-20-43(47)45-30-26-39(33-49(45)51)38-25-29-44-42-19-10-12-21-46(42)50(48(44)32-38)40-27-23-37(24-28-40)36-17-8-5-9-18-36/h3-33H,1H2,2H3/b34-31+,41-14+. The SMILES string of the molecule is C=C/C=C(\C=C(/C)c1ccccc1)n1c2ccccc2c2ccc(-c3ccc4c5ccccc5n(-c5ccc(-c6ccccc6)cc5)c4c3)cc21. The first-order chi connectivity index (χ1) is 25.2. The van der Waals surface area contributed by atoms with E-state index in [1.807, 2.05) is 6.08 Å². The molecule has 0 amide bonds. The summed E-state index contributed by atoms with van der Waals surface area (Å²) in [5.74, 6) is 0. The van der Waals surface area contributed by atoms with Gasteiger partial charge in [-0.25, -0.2) is 0 Å². The molecular weight excluding hydrogens is 617 g/mol. The summed E-state index contributed by atoms with van der Waals surface area (Å²) in [4.78, 5) is 0. The third-order valence-electron chi connectivity index (χ3n) is 10.1. The van der Waals surface area contributed by atoms with Gasteiger partial charge in [0.2, 0.25) is 0 Å². The van der Waals surface area contributed by atoms with Gasteiger partial charge in [0.15, 0.2) is 0 Å². The van der Waals surface area contributed by atoms with Crippen LogP contribution < -0.4 is 0 Å². The van der Waals surface area contributed by atoms with E-state index in [4.69, 9.17) is 0 Å². The third-order valence-corrected chi connectivity index (χ3v) is 10.1. The lowest BCUT2D eigenvalue weighted by atomic mass is 10.0. The maximum Gasteiger partial charge on any atom is 0.0547 e. The second-order valence-electron chi connectivity index (χ2n) is 13.1. The molecule has 0 radical (unpaired) electrons. The van der Waals surface area contributed by atoms with E-state index in [2.05, 4.69) is 205 Å². The molecule has 242 valence electrons. The largest absolute Gasteiger partial charge is 0.309 e. The molecule has 0 saturated heterocycles. The number of aromatic nitrogens is 2.